The van der Waals surface area contributed by atoms with Crippen LogP contribution in [0.4, 0.5) is 0 Å². The lowest BCUT2D eigenvalue weighted by Gasteiger charge is -2.12. The maximum atomic E-state index is 2.38. The van der Waals surface area contributed by atoms with Crippen LogP contribution in [0.5, 0.6) is 0 Å². The van der Waals surface area contributed by atoms with E-state index in [1.54, 1.807) is 22.3 Å². The van der Waals surface area contributed by atoms with Gasteiger partial charge in [0, 0.05) is 0 Å². The molecule has 0 bridgehead atoms. The molecule has 0 heteroatoms. The van der Waals surface area contributed by atoms with Gasteiger partial charge in [-0.2, -0.15) is 0 Å². The van der Waals surface area contributed by atoms with Gasteiger partial charge in [0.05, 0.1) is 0 Å². The van der Waals surface area contributed by atoms with E-state index in [0.29, 0.717) is 0 Å². The Balaban J connectivity index is 2.00. The highest BCUT2D eigenvalue weighted by molar-refractivity contribution is 5.54. The summed E-state index contributed by atoms with van der Waals surface area (Å²) in [4.78, 5) is 0. The fourth-order valence-electron chi connectivity index (χ4n) is 2.62. The molecule has 3 rings (SSSR count). The SMILES string of the molecule is c1cc2c(c3c1CCCCCC3)C2. The third-order valence-electron chi connectivity index (χ3n) is 3.49. The molecule has 0 radical (unpaired) electrons. The zero-order chi connectivity index (χ0) is 8.67. The van der Waals surface area contributed by atoms with Gasteiger partial charge in [-0.1, -0.05) is 25.0 Å². The Hall–Kier alpha value is -0.780. The fourth-order valence-corrected chi connectivity index (χ4v) is 2.62. The van der Waals surface area contributed by atoms with E-state index in [4.69, 9.17) is 0 Å². The van der Waals surface area contributed by atoms with Gasteiger partial charge in [-0.25, -0.2) is 0 Å². The van der Waals surface area contributed by atoms with Crippen LogP contribution in [0.25, 0.3) is 0 Å². The molecular weight excluding hydrogens is 156 g/mol. The maximum Gasteiger partial charge on any atom is -0.00171 e. The van der Waals surface area contributed by atoms with Crippen molar-refractivity contribution >= 4 is 0 Å². The van der Waals surface area contributed by atoms with Crippen molar-refractivity contribution in [2.45, 2.75) is 44.9 Å². The normalized spacial score (nSPS) is 19.7. The molecule has 0 atom stereocenters. The summed E-state index contributed by atoms with van der Waals surface area (Å²) in [5.74, 6) is 0. The predicted molar refractivity (Wildman–Crippen MR) is 55.1 cm³/mol. The Bertz CT molecular complexity index is 336. The number of fused-ring (bicyclic) bond motifs is 3. The smallest absolute Gasteiger partial charge is 0.00171 e. The lowest BCUT2D eigenvalue weighted by atomic mass is 9.93. The summed E-state index contributed by atoms with van der Waals surface area (Å²) in [6.07, 6.45) is 9.71. The summed E-state index contributed by atoms with van der Waals surface area (Å²) in [6.45, 7) is 0. The number of aryl methyl sites for hydroxylation is 1. The minimum atomic E-state index is 1.30. The Morgan fingerprint density at radius 3 is 2.38 bits per heavy atom. The van der Waals surface area contributed by atoms with E-state index >= 15 is 0 Å². The average Bonchev–Trinajstić information content (AvgIpc) is 2.83. The molecule has 0 saturated carbocycles. The van der Waals surface area contributed by atoms with E-state index in [9.17, 15) is 0 Å². The van der Waals surface area contributed by atoms with Gasteiger partial charge >= 0.3 is 0 Å². The minimum Gasteiger partial charge on any atom is -0.0585 e. The average molecular weight is 172 g/mol. The number of hydrogen-bond donors (Lipinski definition) is 0. The first-order valence-electron chi connectivity index (χ1n) is 5.57. The molecule has 0 spiro atoms. The van der Waals surface area contributed by atoms with Crippen molar-refractivity contribution in [3.8, 4) is 0 Å². The second kappa shape index (κ2) is 2.87. The van der Waals surface area contributed by atoms with Gasteiger partial charge in [0.25, 0.3) is 0 Å². The largest absolute Gasteiger partial charge is 0.0585 e. The summed E-state index contributed by atoms with van der Waals surface area (Å²) >= 11 is 0. The van der Waals surface area contributed by atoms with Crippen molar-refractivity contribution in [2.75, 3.05) is 0 Å². The van der Waals surface area contributed by atoms with Gasteiger partial charge in [-0.3, -0.25) is 0 Å². The molecule has 1 aromatic rings. The highest BCUT2D eigenvalue weighted by Crippen LogP contribution is 2.36. The van der Waals surface area contributed by atoms with E-state index in [0.717, 1.165) is 0 Å². The highest BCUT2D eigenvalue weighted by atomic mass is 14.3. The summed E-state index contributed by atoms with van der Waals surface area (Å²) in [5.41, 5.74) is 6.73. The molecular formula is C13H16. The van der Waals surface area contributed by atoms with Crippen molar-refractivity contribution in [1.82, 2.24) is 0 Å². The zero-order valence-corrected chi connectivity index (χ0v) is 8.10. The lowest BCUT2D eigenvalue weighted by molar-refractivity contribution is 0.617. The molecule has 0 amide bonds. The molecule has 0 unspecified atom stereocenters. The Labute approximate surface area is 80.0 Å². The van der Waals surface area contributed by atoms with Crippen LogP contribution >= 0.6 is 0 Å². The van der Waals surface area contributed by atoms with Crippen molar-refractivity contribution in [2.24, 2.45) is 0 Å². The first-order chi connectivity index (χ1) is 6.45. The van der Waals surface area contributed by atoms with Crippen LogP contribution in [0.3, 0.4) is 0 Å². The summed E-state index contributed by atoms with van der Waals surface area (Å²) in [7, 11) is 0. The molecule has 0 heterocycles. The van der Waals surface area contributed by atoms with Gasteiger partial charge in [0.1, 0.15) is 0 Å². The molecule has 0 aliphatic heterocycles. The second-order valence-electron chi connectivity index (χ2n) is 4.43. The van der Waals surface area contributed by atoms with Crippen LogP contribution in [-0.4, -0.2) is 0 Å². The van der Waals surface area contributed by atoms with Gasteiger partial charge in [0.15, 0.2) is 0 Å². The van der Waals surface area contributed by atoms with Crippen molar-refractivity contribution in [1.29, 1.82) is 0 Å². The highest BCUT2D eigenvalue weighted by Gasteiger charge is 2.23. The summed E-state index contributed by atoms with van der Waals surface area (Å²) in [5, 5.41) is 0. The van der Waals surface area contributed by atoms with E-state index < -0.39 is 0 Å². The van der Waals surface area contributed by atoms with Gasteiger partial charge in [-0.05, 0) is 54.4 Å². The van der Waals surface area contributed by atoms with Gasteiger partial charge in [-0.15, -0.1) is 0 Å². The summed E-state index contributed by atoms with van der Waals surface area (Å²) in [6, 6.07) is 4.72. The van der Waals surface area contributed by atoms with Crippen LogP contribution < -0.4 is 0 Å². The Morgan fingerprint density at radius 1 is 0.692 bits per heavy atom. The van der Waals surface area contributed by atoms with Crippen molar-refractivity contribution in [3.63, 3.8) is 0 Å². The molecule has 0 aromatic heterocycles. The number of hydrogen-bond acceptors (Lipinski definition) is 0. The Morgan fingerprint density at radius 2 is 1.46 bits per heavy atom. The van der Waals surface area contributed by atoms with E-state index in [2.05, 4.69) is 12.1 Å². The molecule has 68 valence electrons. The standard InChI is InChI=1S/C13H16/c1-2-4-6-12-10(5-3-1)7-8-11-9-13(11)12/h7-8H,1-6,9H2. The third kappa shape index (κ3) is 1.29. The third-order valence-corrected chi connectivity index (χ3v) is 3.49. The molecule has 2 aliphatic carbocycles. The number of rotatable bonds is 0. The zero-order valence-electron chi connectivity index (χ0n) is 8.10. The van der Waals surface area contributed by atoms with Gasteiger partial charge in [0.2, 0.25) is 0 Å². The van der Waals surface area contributed by atoms with Crippen LogP contribution in [0.2, 0.25) is 0 Å². The summed E-state index contributed by atoms with van der Waals surface area (Å²) < 4.78 is 0. The monoisotopic (exact) mass is 172 g/mol. The molecule has 0 fully saturated rings. The fraction of sp³-hybridized carbons (Fsp3) is 0.538. The predicted octanol–water partition coefficient (Wildman–Crippen LogP) is 3.25. The topological polar surface area (TPSA) is 0 Å². The van der Waals surface area contributed by atoms with Gasteiger partial charge < -0.3 is 0 Å². The Kier molecular flexibility index (Phi) is 1.68. The molecule has 0 nitrogen and oxygen atoms in total. The van der Waals surface area contributed by atoms with Crippen LogP contribution in [0.15, 0.2) is 12.1 Å². The number of benzene rings is 1. The van der Waals surface area contributed by atoms with E-state index in [1.165, 1.54) is 44.9 Å². The quantitative estimate of drug-likeness (QED) is 0.572. The van der Waals surface area contributed by atoms with Crippen molar-refractivity contribution < 1.29 is 0 Å². The lowest BCUT2D eigenvalue weighted by Crippen LogP contribution is -1.99. The van der Waals surface area contributed by atoms with Crippen LogP contribution in [0.1, 0.15) is 47.9 Å². The maximum absolute atomic E-state index is 2.38. The van der Waals surface area contributed by atoms with Crippen LogP contribution in [0, 0.1) is 0 Å². The first-order valence-corrected chi connectivity index (χ1v) is 5.57. The molecule has 2 aliphatic rings. The van der Waals surface area contributed by atoms with E-state index in [-0.39, 0.29) is 0 Å². The molecule has 13 heavy (non-hydrogen) atoms. The molecule has 0 N–H and O–H groups in total. The van der Waals surface area contributed by atoms with Crippen molar-refractivity contribution in [3.05, 3.63) is 34.4 Å². The molecule has 1 aromatic carbocycles. The molecule has 0 saturated heterocycles. The van der Waals surface area contributed by atoms with Crippen LogP contribution in [-0.2, 0) is 19.3 Å². The minimum absolute atomic E-state index is 1.30. The van der Waals surface area contributed by atoms with E-state index in [1.807, 2.05) is 0 Å². The first kappa shape index (κ1) is 7.61. The second-order valence-corrected chi connectivity index (χ2v) is 4.43.